The average molecular weight is 526 g/mol. The molecule has 37 heavy (non-hydrogen) atoms. The number of benzene rings is 1. The van der Waals surface area contributed by atoms with Crippen LogP contribution in [0.5, 0.6) is 0 Å². The number of allylic oxidation sites excluding steroid dienone is 4. The highest BCUT2D eigenvalue weighted by atomic mass is 32.2. The second-order valence-electron chi connectivity index (χ2n) is 9.62. The van der Waals surface area contributed by atoms with E-state index in [2.05, 4.69) is 59.8 Å². The van der Waals surface area contributed by atoms with Gasteiger partial charge in [0.2, 0.25) is 0 Å². The van der Waals surface area contributed by atoms with Crippen molar-refractivity contribution in [3.05, 3.63) is 57.6 Å². The van der Waals surface area contributed by atoms with Gasteiger partial charge in [-0.05, 0) is 81.4 Å². The Morgan fingerprint density at radius 2 is 1.84 bits per heavy atom. The molecule has 204 valence electrons. The molecule has 2 fully saturated rings. The van der Waals surface area contributed by atoms with E-state index in [-0.39, 0.29) is 0 Å². The molecule has 1 aliphatic carbocycles. The normalized spacial score (nSPS) is 23.3. The Morgan fingerprint density at radius 1 is 1.05 bits per heavy atom. The lowest BCUT2D eigenvalue weighted by Crippen LogP contribution is -2.27. The lowest BCUT2D eigenvalue weighted by Gasteiger charge is -2.23. The molecular weight excluding hydrogens is 478 g/mol. The number of ether oxygens (including phenoxy) is 2. The highest BCUT2D eigenvalue weighted by molar-refractivity contribution is 8.06. The maximum absolute atomic E-state index is 6.00. The predicted molar refractivity (Wildman–Crippen MR) is 161 cm³/mol. The van der Waals surface area contributed by atoms with Crippen molar-refractivity contribution in [1.82, 2.24) is 5.32 Å². The number of methoxy groups -OCH3 is 1. The second-order valence-corrected chi connectivity index (χ2v) is 10.7. The third kappa shape index (κ3) is 9.66. The molecule has 5 nitrogen and oxygen atoms in total. The zero-order valence-electron chi connectivity index (χ0n) is 23.4. The predicted octanol–water partition coefficient (Wildman–Crippen LogP) is 7.42. The van der Waals surface area contributed by atoms with Gasteiger partial charge in [-0.1, -0.05) is 55.5 Å². The quantitative estimate of drug-likeness (QED) is 0.228. The molecule has 0 bridgehead atoms. The van der Waals surface area contributed by atoms with E-state index in [1.807, 2.05) is 13.8 Å². The summed E-state index contributed by atoms with van der Waals surface area (Å²) in [7, 11) is 1.78. The maximum atomic E-state index is 6.00. The first kappa shape index (κ1) is 29.5. The van der Waals surface area contributed by atoms with Crippen molar-refractivity contribution in [3.8, 4) is 0 Å². The van der Waals surface area contributed by atoms with Gasteiger partial charge in [0.25, 0.3) is 0 Å². The van der Waals surface area contributed by atoms with Crippen LogP contribution in [0.4, 0.5) is 5.69 Å². The first-order chi connectivity index (χ1) is 18.2. The van der Waals surface area contributed by atoms with Gasteiger partial charge in [-0.25, -0.2) is 0 Å². The van der Waals surface area contributed by atoms with Gasteiger partial charge in [0.1, 0.15) is 5.70 Å². The van der Waals surface area contributed by atoms with Crippen molar-refractivity contribution in [3.63, 3.8) is 0 Å². The SMILES string of the molecule is CC.CO/C(S/C1=C/C/C=C(/C)CCC1)=C(\N=CC1CCOCC1)c1ccc(N2CCCNCC2)cc1. The summed E-state index contributed by atoms with van der Waals surface area (Å²) in [4.78, 5) is 8.90. The maximum Gasteiger partial charge on any atom is 0.183 e. The van der Waals surface area contributed by atoms with Crippen LogP contribution in [0.3, 0.4) is 0 Å². The minimum Gasteiger partial charge on any atom is -0.488 e. The van der Waals surface area contributed by atoms with Crippen LogP contribution in [0.25, 0.3) is 5.70 Å². The van der Waals surface area contributed by atoms with Crippen LogP contribution in [0.1, 0.15) is 71.3 Å². The molecule has 0 radical (unpaired) electrons. The smallest absolute Gasteiger partial charge is 0.183 e. The van der Waals surface area contributed by atoms with Gasteiger partial charge in [-0.2, -0.15) is 0 Å². The number of nitrogens with zero attached hydrogens (tertiary/aromatic N) is 2. The molecule has 0 atom stereocenters. The first-order valence-corrected chi connectivity index (χ1v) is 15.0. The van der Waals surface area contributed by atoms with E-state index >= 15 is 0 Å². The Labute approximate surface area is 229 Å². The molecule has 3 aliphatic rings. The molecule has 0 spiro atoms. The molecule has 2 saturated heterocycles. The summed E-state index contributed by atoms with van der Waals surface area (Å²) in [5.41, 5.74) is 4.82. The Morgan fingerprint density at radius 3 is 2.59 bits per heavy atom. The Hall–Kier alpha value is -2.02. The van der Waals surface area contributed by atoms with Crippen LogP contribution in [-0.4, -0.2) is 52.7 Å². The van der Waals surface area contributed by atoms with E-state index in [0.29, 0.717) is 5.92 Å². The van der Waals surface area contributed by atoms with Gasteiger partial charge in [-0.3, -0.25) is 4.99 Å². The van der Waals surface area contributed by atoms with Crippen LogP contribution in [0.15, 0.2) is 57.0 Å². The van der Waals surface area contributed by atoms with Crippen LogP contribution < -0.4 is 10.2 Å². The van der Waals surface area contributed by atoms with Crippen LogP contribution >= 0.6 is 11.8 Å². The van der Waals surface area contributed by atoms with Crippen molar-refractivity contribution in [2.75, 3.05) is 51.4 Å². The molecule has 1 aromatic carbocycles. The lowest BCUT2D eigenvalue weighted by molar-refractivity contribution is 0.0838. The molecule has 1 aromatic rings. The van der Waals surface area contributed by atoms with Gasteiger partial charge >= 0.3 is 0 Å². The van der Waals surface area contributed by atoms with Crippen molar-refractivity contribution < 1.29 is 9.47 Å². The van der Waals surface area contributed by atoms with Gasteiger partial charge < -0.3 is 19.7 Å². The number of hydrogen-bond donors (Lipinski definition) is 1. The van der Waals surface area contributed by atoms with E-state index in [0.717, 1.165) is 81.4 Å². The van der Waals surface area contributed by atoms with Crippen molar-refractivity contribution in [2.24, 2.45) is 10.9 Å². The first-order valence-electron chi connectivity index (χ1n) is 14.2. The second kappa shape index (κ2) is 16.7. The summed E-state index contributed by atoms with van der Waals surface area (Å²) in [6, 6.07) is 8.90. The van der Waals surface area contributed by atoms with Crippen molar-refractivity contribution >= 4 is 29.4 Å². The fourth-order valence-electron chi connectivity index (χ4n) is 4.76. The summed E-state index contributed by atoms with van der Waals surface area (Å²) in [5, 5.41) is 4.37. The van der Waals surface area contributed by atoms with Crippen molar-refractivity contribution in [2.45, 2.75) is 65.7 Å². The van der Waals surface area contributed by atoms with E-state index in [4.69, 9.17) is 14.5 Å². The number of nitrogens with one attached hydrogen (secondary N) is 1. The van der Waals surface area contributed by atoms with Gasteiger partial charge in [-0.15, -0.1) is 0 Å². The summed E-state index contributed by atoms with van der Waals surface area (Å²) in [6.45, 7) is 12.2. The zero-order chi connectivity index (χ0) is 26.3. The zero-order valence-corrected chi connectivity index (χ0v) is 24.2. The largest absolute Gasteiger partial charge is 0.488 e. The standard InChI is InChI=1S/C29H41N3O2S.C2H6/c1-23-6-3-8-27(9-4-7-23)35-29(33-2)28(31-22-24-14-20-34-21-15-24)25-10-12-26(13-11-25)32-18-5-16-30-17-19-32;1-2/h6,8,10-13,22,24,30H,3-5,7,9,14-21H2,1-2H3;1-2H3/b23-6-,27-8+,29-28+,31-22?;. The fraction of sp³-hybridized carbons (Fsp3) is 0.581. The highest BCUT2D eigenvalue weighted by Crippen LogP contribution is 2.37. The van der Waals surface area contributed by atoms with Gasteiger partial charge in [0.15, 0.2) is 5.09 Å². The Kier molecular flexibility index (Phi) is 13.4. The molecule has 6 heteroatoms. The van der Waals surface area contributed by atoms with Crippen LogP contribution in [-0.2, 0) is 9.47 Å². The van der Waals surface area contributed by atoms with Crippen LogP contribution in [0, 0.1) is 5.92 Å². The van der Waals surface area contributed by atoms with Gasteiger partial charge in [0.05, 0.1) is 7.11 Å². The molecule has 1 N–H and O–H groups in total. The molecule has 0 amide bonds. The molecular formula is C31H47N3O2S. The molecule has 2 heterocycles. The topological polar surface area (TPSA) is 46.1 Å². The lowest BCUT2D eigenvalue weighted by atomic mass is 10.0. The third-order valence-corrected chi connectivity index (χ3v) is 8.11. The minimum absolute atomic E-state index is 0.458. The molecule has 2 aliphatic heterocycles. The minimum atomic E-state index is 0.458. The summed E-state index contributed by atoms with van der Waals surface area (Å²) in [6.07, 6.45) is 14.5. The van der Waals surface area contributed by atoms with E-state index in [1.54, 1.807) is 18.9 Å². The molecule has 0 unspecified atom stereocenters. The number of anilines is 1. The number of thioether (sulfide) groups is 1. The molecule has 0 saturated carbocycles. The molecule has 4 rings (SSSR count). The van der Waals surface area contributed by atoms with Crippen molar-refractivity contribution in [1.29, 1.82) is 0 Å². The monoisotopic (exact) mass is 525 g/mol. The van der Waals surface area contributed by atoms with E-state index in [1.165, 1.54) is 35.4 Å². The summed E-state index contributed by atoms with van der Waals surface area (Å²) >= 11 is 1.75. The Bertz CT molecular complexity index is 922. The number of rotatable bonds is 7. The highest BCUT2D eigenvalue weighted by Gasteiger charge is 2.17. The third-order valence-electron chi connectivity index (χ3n) is 6.94. The molecule has 0 aromatic heterocycles. The summed E-state index contributed by atoms with van der Waals surface area (Å²) < 4.78 is 11.5. The van der Waals surface area contributed by atoms with E-state index in [9.17, 15) is 0 Å². The van der Waals surface area contributed by atoms with Gasteiger partial charge in [0, 0.05) is 50.3 Å². The number of hydrogen-bond acceptors (Lipinski definition) is 6. The van der Waals surface area contributed by atoms with Crippen LogP contribution in [0.2, 0.25) is 0 Å². The summed E-state index contributed by atoms with van der Waals surface area (Å²) in [5.74, 6) is 0.458. The number of aliphatic imine (C=N–C) groups is 1. The average Bonchev–Trinajstić information content (AvgIpc) is 3.23. The van der Waals surface area contributed by atoms with E-state index < -0.39 is 0 Å². The fourth-order valence-corrected chi connectivity index (χ4v) is 5.77. The Balaban J connectivity index is 0.00000186.